The first-order chi connectivity index (χ1) is 16.9. The van der Waals surface area contributed by atoms with Crippen molar-refractivity contribution in [1.29, 1.82) is 0 Å². The van der Waals surface area contributed by atoms with Crippen molar-refractivity contribution in [3.8, 4) is 11.4 Å². The number of benzene rings is 2. The Morgan fingerprint density at radius 2 is 1.91 bits per heavy atom. The van der Waals surface area contributed by atoms with Gasteiger partial charge in [-0.3, -0.25) is 9.59 Å². The molecule has 4 rings (SSSR count). The van der Waals surface area contributed by atoms with Gasteiger partial charge in [0.25, 0.3) is 5.91 Å². The van der Waals surface area contributed by atoms with E-state index in [9.17, 15) is 14.4 Å². The number of carbonyl (C=O) groups is 3. The first kappa shape index (κ1) is 24.3. The molecule has 35 heavy (non-hydrogen) atoms. The van der Waals surface area contributed by atoms with E-state index in [2.05, 4.69) is 10.4 Å². The van der Waals surface area contributed by atoms with Gasteiger partial charge in [-0.25, -0.2) is 9.48 Å². The van der Waals surface area contributed by atoms with Crippen molar-refractivity contribution in [3.63, 3.8) is 0 Å². The topological polar surface area (TPSA) is 103 Å². The summed E-state index contributed by atoms with van der Waals surface area (Å²) in [5.41, 5.74) is 1.83. The number of likely N-dealkylation sites (tertiary alicyclic amines) is 1. The van der Waals surface area contributed by atoms with Crippen LogP contribution in [0.25, 0.3) is 5.69 Å². The minimum Gasteiger partial charge on any atom is -0.496 e. The zero-order valence-corrected chi connectivity index (χ0v) is 20.1. The van der Waals surface area contributed by atoms with Crippen LogP contribution in [0.4, 0.5) is 5.69 Å². The van der Waals surface area contributed by atoms with Gasteiger partial charge < -0.3 is 19.7 Å². The fourth-order valence-corrected chi connectivity index (χ4v) is 4.16. The highest BCUT2D eigenvalue weighted by Gasteiger charge is 2.35. The number of aromatic nitrogens is 2. The molecule has 0 bridgehead atoms. The molecular weight excluding hydrogens is 472 g/mol. The molecular formula is C25H25ClN4O5. The standard InChI is InChI=1S/C25H25ClN4O5/c1-3-35-25(33)20-12-14-30(28-20)18-9-7-17(8-10-18)27-23(31)21-5-4-13-29(21)24(32)19-15-16(26)6-11-22(19)34-2/h6-12,14-15,21H,3-5,13H2,1-2H3,(H,27,31). The van der Waals surface area contributed by atoms with E-state index in [1.807, 2.05) is 0 Å². The predicted octanol–water partition coefficient (Wildman–Crippen LogP) is 3.95. The van der Waals surface area contributed by atoms with Crippen LogP contribution >= 0.6 is 11.6 Å². The lowest BCUT2D eigenvalue weighted by Gasteiger charge is -2.25. The fraction of sp³-hybridized carbons (Fsp3) is 0.280. The summed E-state index contributed by atoms with van der Waals surface area (Å²) in [6, 6.07) is 12.8. The van der Waals surface area contributed by atoms with Crippen LogP contribution in [0.2, 0.25) is 5.02 Å². The van der Waals surface area contributed by atoms with E-state index in [1.54, 1.807) is 71.2 Å². The predicted molar refractivity (Wildman–Crippen MR) is 130 cm³/mol. The van der Waals surface area contributed by atoms with Crippen LogP contribution < -0.4 is 10.1 Å². The van der Waals surface area contributed by atoms with Crippen molar-refractivity contribution in [2.45, 2.75) is 25.8 Å². The van der Waals surface area contributed by atoms with Gasteiger partial charge in [0.15, 0.2) is 5.69 Å². The Bertz CT molecular complexity index is 1240. The van der Waals surface area contributed by atoms with Gasteiger partial charge in [0.1, 0.15) is 11.8 Å². The first-order valence-corrected chi connectivity index (χ1v) is 11.6. The average molecular weight is 497 g/mol. The van der Waals surface area contributed by atoms with Gasteiger partial charge in [-0.15, -0.1) is 0 Å². The molecule has 1 aliphatic rings. The van der Waals surface area contributed by atoms with Crippen LogP contribution in [0.5, 0.6) is 5.75 Å². The Balaban J connectivity index is 1.44. The number of esters is 1. The number of amides is 2. The van der Waals surface area contributed by atoms with Gasteiger partial charge in [-0.1, -0.05) is 11.6 Å². The molecule has 0 saturated carbocycles. The summed E-state index contributed by atoms with van der Waals surface area (Å²) in [6.45, 7) is 2.47. The highest BCUT2D eigenvalue weighted by Crippen LogP contribution is 2.28. The van der Waals surface area contributed by atoms with E-state index in [4.69, 9.17) is 21.1 Å². The number of ether oxygens (including phenoxy) is 2. The molecule has 1 aromatic heterocycles. The van der Waals surface area contributed by atoms with E-state index < -0.39 is 12.0 Å². The molecule has 1 fully saturated rings. The molecule has 1 N–H and O–H groups in total. The summed E-state index contributed by atoms with van der Waals surface area (Å²) < 4.78 is 11.8. The Morgan fingerprint density at radius 3 is 2.63 bits per heavy atom. The first-order valence-electron chi connectivity index (χ1n) is 11.2. The number of carbonyl (C=O) groups excluding carboxylic acids is 3. The number of hydrogen-bond donors (Lipinski definition) is 1. The summed E-state index contributed by atoms with van der Waals surface area (Å²) in [5.74, 6) is -0.645. The van der Waals surface area contributed by atoms with Gasteiger partial charge in [0.05, 0.1) is 25.0 Å². The minimum absolute atomic E-state index is 0.214. The maximum absolute atomic E-state index is 13.2. The lowest BCUT2D eigenvalue weighted by atomic mass is 10.1. The van der Waals surface area contributed by atoms with Gasteiger partial charge in [-0.2, -0.15) is 5.10 Å². The molecule has 2 amide bonds. The van der Waals surface area contributed by atoms with Crippen molar-refractivity contribution >= 4 is 35.1 Å². The lowest BCUT2D eigenvalue weighted by molar-refractivity contribution is -0.119. The zero-order chi connectivity index (χ0) is 24.9. The van der Waals surface area contributed by atoms with Crippen molar-refractivity contribution < 1.29 is 23.9 Å². The Morgan fingerprint density at radius 1 is 1.14 bits per heavy atom. The van der Waals surface area contributed by atoms with Crippen LogP contribution in [0, 0.1) is 0 Å². The van der Waals surface area contributed by atoms with E-state index in [-0.39, 0.29) is 24.1 Å². The van der Waals surface area contributed by atoms with Crippen LogP contribution in [0.15, 0.2) is 54.7 Å². The van der Waals surface area contributed by atoms with E-state index in [0.717, 1.165) is 0 Å². The van der Waals surface area contributed by atoms with Crippen molar-refractivity contribution in [2.24, 2.45) is 0 Å². The number of hydrogen-bond acceptors (Lipinski definition) is 6. The highest BCUT2D eigenvalue weighted by atomic mass is 35.5. The maximum atomic E-state index is 13.2. The molecule has 1 atom stereocenters. The SMILES string of the molecule is CCOC(=O)c1ccn(-c2ccc(NC(=O)C3CCCN3C(=O)c3cc(Cl)ccc3OC)cc2)n1. The summed E-state index contributed by atoms with van der Waals surface area (Å²) in [7, 11) is 1.48. The number of anilines is 1. The number of halogens is 1. The summed E-state index contributed by atoms with van der Waals surface area (Å²) in [4.78, 5) is 39.6. The molecule has 0 spiro atoms. The van der Waals surface area contributed by atoms with Crippen LogP contribution in [-0.4, -0.2) is 58.8 Å². The second-order valence-electron chi connectivity index (χ2n) is 7.90. The smallest absolute Gasteiger partial charge is 0.358 e. The van der Waals surface area contributed by atoms with Crippen LogP contribution in [0.3, 0.4) is 0 Å². The van der Waals surface area contributed by atoms with Crippen LogP contribution in [-0.2, 0) is 9.53 Å². The monoisotopic (exact) mass is 496 g/mol. The number of rotatable bonds is 7. The quantitative estimate of drug-likeness (QED) is 0.497. The summed E-state index contributed by atoms with van der Waals surface area (Å²) in [5, 5.41) is 7.52. The second kappa shape index (κ2) is 10.6. The van der Waals surface area contributed by atoms with Gasteiger partial charge in [0.2, 0.25) is 5.91 Å². The normalized spacial score (nSPS) is 15.1. The lowest BCUT2D eigenvalue weighted by Crippen LogP contribution is -2.43. The Kier molecular flexibility index (Phi) is 7.36. The minimum atomic E-state index is -0.607. The fourth-order valence-electron chi connectivity index (χ4n) is 3.99. The van der Waals surface area contributed by atoms with Gasteiger partial charge in [-0.05, 0) is 68.3 Å². The van der Waals surface area contributed by atoms with E-state index in [1.165, 1.54) is 7.11 Å². The highest BCUT2D eigenvalue weighted by molar-refractivity contribution is 6.31. The number of nitrogens with one attached hydrogen (secondary N) is 1. The third kappa shape index (κ3) is 5.30. The third-order valence-corrected chi connectivity index (χ3v) is 5.92. The second-order valence-corrected chi connectivity index (χ2v) is 8.34. The molecule has 1 aliphatic heterocycles. The molecule has 2 heterocycles. The number of methoxy groups -OCH3 is 1. The van der Waals surface area contributed by atoms with E-state index >= 15 is 0 Å². The Hall–Kier alpha value is -3.85. The van der Waals surface area contributed by atoms with Crippen LogP contribution in [0.1, 0.15) is 40.6 Å². The molecule has 2 aromatic carbocycles. The largest absolute Gasteiger partial charge is 0.496 e. The van der Waals surface area contributed by atoms with Crippen molar-refractivity contribution in [3.05, 3.63) is 71.0 Å². The number of nitrogens with zero attached hydrogens (tertiary/aromatic N) is 3. The van der Waals surface area contributed by atoms with Gasteiger partial charge in [0, 0.05) is 23.5 Å². The molecule has 0 aliphatic carbocycles. The Labute approximate surface area is 207 Å². The van der Waals surface area contributed by atoms with Crippen molar-refractivity contribution in [2.75, 3.05) is 25.6 Å². The molecule has 9 nitrogen and oxygen atoms in total. The molecule has 0 radical (unpaired) electrons. The van der Waals surface area contributed by atoms with Crippen molar-refractivity contribution in [1.82, 2.24) is 14.7 Å². The van der Waals surface area contributed by atoms with Gasteiger partial charge >= 0.3 is 5.97 Å². The third-order valence-electron chi connectivity index (χ3n) is 5.68. The molecule has 3 aromatic rings. The molecule has 10 heteroatoms. The molecule has 182 valence electrons. The zero-order valence-electron chi connectivity index (χ0n) is 19.4. The summed E-state index contributed by atoms with van der Waals surface area (Å²) >= 11 is 6.08. The maximum Gasteiger partial charge on any atom is 0.358 e. The molecule has 1 unspecified atom stereocenters. The van der Waals surface area contributed by atoms with E-state index in [0.29, 0.717) is 47.1 Å². The summed E-state index contributed by atoms with van der Waals surface area (Å²) in [6.07, 6.45) is 2.93. The average Bonchev–Trinajstić information content (AvgIpc) is 3.55. The molecule has 1 saturated heterocycles.